The largest absolute Gasteiger partial charge is 0.618 e. The molecule has 1 amide bonds. The van der Waals surface area contributed by atoms with Gasteiger partial charge in [-0.2, -0.15) is 10.3 Å². The van der Waals surface area contributed by atoms with E-state index in [1.807, 2.05) is 18.3 Å². The van der Waals surface area contributed by atoms with Crippen molar-refractivity contribution in [2.45, 2.75) is 25.2 Å². The summed E-state index contributed by atoms with van der Waals surface area (Å²) in [6.07, 6.45) is 6.90. The van der Waals surface area contributed by atoms with Gasteiger partial charge in [0.2, 0.25) is 12.0 Å². The number of nitrogens with zero attached hydrogens (tertiary/aromatic N) is 3. The van der Waals surface area contributed by atoms with Crippen molar-refractivity contribution in [3.8, 4) is 22.4 Å². The van der Waals surface area contributed by atoms with Crippen LogP contribution in [0.1, 0.15) is 36.7 Å². The first-order chi connectivity index (χ1) is 19.9. The Labute approximate surface area is 239 Å². The third-order valence-electron chi connectivity index (χ3n) is 6.98. The topological polar surface area (TPSA) is 160 Å². The number of amides is 1. The van der Waals surface area contributed by atoms with E-state index in [9.17, 15) is 10.0 Å². The molecule has 4 aromatic rings. The summed E-state index contributed by atoms with van der Waals surface area (Å²) in [6, 6.07) is 13.7. The molecule has 0 saturated heterocycles. The Morgan fingerprint density at radius 1 is 1.29 bits per heavy atom. The standard InChI is InChI=1S/C28H26ClFN8O3/c1-41-28(39)35-19-7-4-17(5-8-19)23-13-32-27(36-23)20(12-16-2-3-16)24-11-6-18(14-38(24)40)25-22(33-15-34-37-31)10-9-21(29)26(25)30/h4-11,13-16,20H,2-3,12H2,1H3,(H,32,36)(H,35,39)(H2,31,33,34)/p+2. The Morgan fingerprint density at radius 3 is 2.73 bits per heavy atom. The Bertz CT molecular complexity index is 1600. The lowest BCUT2D eigenvalue weighted by Crippen LogP contribution is -2.76. The van der Waals surface area contributed by atoms with Crippen molar-refractivity contribution in [3.05, 3.63) is 88.5 Å². The van der Waals surface area contributed by atoms with Crippen molar-refractivity contribution in [3.63, 3.8) is 0 Å². The fraction of sp³-hybridized carbons (Fsp3) is 0.214. The number of hydrogen-bond acceptors (Lipinski definition) is 5. The van der Waals surface area contributed by atoms with Crippen LogP contribution in [0.25, 0.3) is 22.4 Å². The maximum Gasteiger partial charge on any atom is 0.411 e. The zero-order valence-electron chi connectivity index (χ0n) is 22.0. The van der Waals surface area contributed by atoms with Gasteiger partial charge in [-0.3, -0.25) is 10.6 Å². The maximum absolute atomic E-state index is 15.2. The number of imidazole rings is 1. The third kappa shape index (κ3) is 6.39. The van der Waals surface area contributed by atoms with Gasteiger partial charge in [0.05, 0.1) is 23.3 Å². The Balaban J connectivity index is 1.45. The molecule has 2 aromatic heterocycles. The second kappa shape index (κ2) is 12.2. The maximum atomic E-state index is 15.2. The Kier molecular flexibility index (Phi) is 8.31. The molecule has 210 valence electrons. The molecule has 0 radical (unpaired) electrons. The van der Waals surface area contributed by atoms with Crippen molar-refractivity contribution in [2.24, 2.45) is 16.2 Å². The highest BCUT2D eigenvalue weighted by molar-refractivity contribution is 6.31. The van der Waals surface area contributed by atoms with Crippen LogP contribution >= 0.6 is 11.6 Å². The van der Waals surface area contributed by atoms with Crippen molar-refractivity contribution in [1.82, 2.24) is 4.98 Å². The minimum atomic E-state index is -0.658. The van der Waals surface area contributed by atoms with E-state index in [-0.39, 0.29) is 16.5 Å². The zero-order valence-corrected chi connectivity index (χ0v) is 22.8. The summed E-state index contributed by atoms with van der Waals surface area (Å²) in [6.45, 7) is 0. The number of benzene rings is 2. The molecule has 0 bridgehead atoms. The van der Waals surface area contributed by atoms with Gasteiger partial charge in [0.15, 0.2) is 17.7 Å². The summed E-state index contributed by atoms with van der Waals surface area (Å²) in [5.41, 5.74) is 10.6. The number of nitrogens with one attached hydrogen (secondary N) is 4. The summed E-state index contributed by atoms with van der Waals surface area (Å²) >= 11 is 6.06. The van der Waals surface area contributed by atoms with Crippen LogP contribution in [0.2, 0.25) is 5.02 Å². The zero-order chi connectivity index (χ0) is 28.9. The number of carbonyl (C=O) groups is 1. The van der Waals surface area contributed by atoms with Crippen molar-refractivity contribution in [2.75, 3.05) is 12.4 Å². The number of rotatable bonds is 10. The quantitative estimate of drug-likeness (QED) is 0.0402. The fourth-order valence-electron chi connectivity index (χ4n) is 4.74. The van der Waals surface area contributed by atoms with E-state index in [0.717, 1.165) is 41.1 Å². The predicted octanol–water partition coefficient (Wildman–Crippen LogP) is 4.87. The second-order valence-corrected chi connectivity index (χ2v) is 10.1. The molecule has 11 nitrogen and oxygen atoms in total. The van der Waals surface area contributed by atoms with Gasteiger partial charge < -0.3 is 9.94 Å². The molecule has 13 heteroatoms. The molecule has 2 aromatic carbocycles. The van der Waals surface area contributed by atoms with Gasteiger partial charge in [-0.05, 0) is 54.0 Å². The molecule has 6 N–H and O–H groups in total. The van der Waals surface area contributed by atoms with Crippen molar-refractivity contribution in [1.29, 1.82) is 5.53 Å². The van der Waals surface area contributed by atoms with Gasteiger partial charge >= 0.3 is 6.09 Å². The van der Waals surface area contributed by atoms with E-state index < -0.39 is 11.9 Å². The lowest BCUT2D eigenvalue weighted by atomic mass is 9.95. The van der Waals surface area contributed by atoms with Crippen LogP contribution in [-0.4, -0.2) is 24.5 Å². The minimum absolute atomic E-state index is 0.0740. The van der Waals surface area contributed by atoms with E-state index in [1.165, 1.54) is 31.0 Å². The molecule has 41 heavy (non-hydrogen) atoms. The predicted molar refractivity (Wildman–Crippen MR) is 149 cm³/mol. The number of pyridine rings is 1. The number of carbonyl (C=O) groups excluding carboxylic acids is 1. The first kappa shape index (κ1) is 27.9. The fourth-order valence-corrected chi connectivity index (χ4v) is 4.90. The minimum Gasteiger partial charge on any atom is -0.618 e. The van der Waals surface area contributed by atoms with Crippen LogP contribution in [0.5, 0.6) is 0 Å². The van der Waals surface area contributed by atoms with E-state index in [0.29, 0.717) is 28.6 Å². The number of ether oxygens (including phenoxy) is 1. The highest BCUT2D eigenvalue weighted by Crippen LogP contribution is 2.40. The number of hydrogen-bond donors (Lipinski definition) is 4. The number of H-pyrrole nitrogens is 2. The molecular weight excluding hydrogens is 551 g/mol. The number of nitrogens with two attached hydrogens (primary N) is 1. The molecule has 1 saturated carbocycles. The molecule has 0 spiro atoms. The summed E-state index contributed by atoms with van der Waals surface area (Å²) < 4.78 is 20.6. The Hall–Kier alpha value is -4.68. The summed E-state index contributed by atoms with van der Waals surface area (Å²) in [5.74, 6) is 0.384. The number of aromatic nitrogens is 3. The number of anilines is 1. The molecule has 1 atom stereocenters. The summed E-state index contributed by atoms with van der Waals surface area (Å²) in [5, 5.41) is 23.9. The van der Waals surface area contributed by atoms with Crippen LogP contribution in [0, 0.1) is 22.5 Å². The van der Waals surface area contributed by atoms with Gasteiger partial charge in [0.25, 0.3) is 5.82 Å². The van der Waals surface area contributed by atoms with Gasteiger partial charge in [-0.25, -0.2) is 19.2 Å². The van der Waals surface area contributed by atoms with Crippen LogP contribution in [0.15, 0.2) is 71.2 Å². The lowest BCUT2D eigenvalue weighted by molar-refractivity contribution is -0.615. The smallest absolute Gasteiger partial charge is 0.411 e. The number of halogens is 2. The van der Waals surface area contributed by atoms with Crippen LogP contribution in [-0.2, 0) is 4.74 Å². The average Bonchev–Trinajstić information content (AvgIpc) is 3.67. The van der Waals surface area contributed by atoms with E-state index in [2.05, 4.69) is 30.3 Å². The van der Waals surface area contributed by atoms with E-state index in [4.69, 9.17) is 17.1 Å². The van der Waals surface area contributed by atoms with Crippen LogP contribution in [0.4, 0.5) is 20.6 Å². The molecule has 2 heterocycles. The first-order valence-electron chi connectivity index (χ1n) is 12.9. The van der Waals surface area contributed by atoms with Gasteiger partial charge in [0, 0.05) is 23.4 Å². The lowest BCUT2D eigenvalue weighted by Gasteiger charge is -2.14. The highest BCUT2D eigenvalue weighted by atomic mass is 35.5. The molecule has 5 rings (SSSR count). The summed E-state index contributed by atoms with van der Waals surface area (Å²) in [4.78, 5) is 18.2. The number of aromatic amines is 2. The Morgan fingerprint density at radius 2 is 2.05 bits per heavy atom. The number of methoxy groups -OCH3 is 1. The molecule has 1 aliphatic rings. The monoisotopic (exact) mass is 578 g/mol. The first-order valence-corrected chi connectivity index (χ1v) is 13.3. The van der Waals surface area contributed by atoms with Crippen molar-refractivity contribution >= 4 is 35.4 Å². The van der Waals surface area contributed by atoms with Crippen LogP contribution < -0.4 is 20.3 Å². The molecule has 1 fully saturated rings. The van der Waals surface area contributed by atoms with Gasteiger partial charge in [-0.15, -0.1) is 0 Å². The van der Waals surface area contributed by atoms with Crippen molar-refractivity contribution < 1.29 is 29.0 Å². The van der Waals surface area contributed by atoms with Crippen LogP contribution in [0.3, 0.4) is 0 Å². The average molecular weight is 579 g/mol. The molecule has 1 aliphatic carbocycles. The van der Waals surface area contributed by atoms with Gasteiger partial charge in [-0.1, -0.05) is 29.5 Å². The third-order valence-corrected chi connectivity index (χ3v) is 7.27. The number of quaternary nitrogens is 1. The normalized spacial score (nSPS) is 13.7. The summed E-state index contributed by atoms with van der Waals surface area (Å²) in [7, 11) is 1.30. The van der Waals surface area contributed by atoms with Gasteiger partial charge in [0.1, 0.15) is 17.8 Å². The molecule has 1 unspecified atom stereocenters. The molecular formula is C28H28ClFN8O3+2. The molecule has 0 aliphatic heterocycles. The SMILES string of the molecule is COC(=O)Nc1ccc(-c2c[nH+]c(C(CC3CC3)c3ccc(-c4c([NH2+]C=NN=N)ccc(Cl)c4F)c[n+]3[O-])[nH]2)cc1. The highest BCUT2D eigenvalue weighted by Gasteiger charge is 2.36. The second-order valence-electron chi connectivity index (χ2n) is 9.69. The van der Waals surface area contributed by atoms with E-state index in [1.54, 1.807) is 30.3 Å². The van der Waals surface area contributed by atoms with E-state index >= 15 is 4.39 Å².